The lowest BCUT2D eigenvalue weighted by atomic mass is 10.1. The lowest BCUT2D eigenvalue weighted by Gasteiger charge is -2.02. The van der Waals surface area contributed by atoms with E-state index in [4.69, 9.17) is 4.55 Å². The second kappa shape index (κ2) is 5.80. The van der Waals surface area contributed by atoms with Crippen molar-refractivity contribution in [2.24, 2.45) is 0 Å². The molecule has 0 heterocycles. The first kappa shape index (κ1) is 14.4. The molecule has 2 aromatic rings. The summed E-state index contributed by atoms with van der Waals surface area (Å²) in [5, 5.41) is 1.33. The number of hydrogen-bond acceptors (Lipinski definition) is 2. The van der Waals surface area contributed by atoms with Crippen molar-refractivity contribution in [3.05, 3.63) is 54.6 Å². The molecular formula is C14H16O3S. The van der Waals surface area contributed by atoms with Crippen molar-refractivity contribution in [3.63, 3.8) is 0 Å². The normalized spacial score (nSPS) is 10.6. The fourth-order valence-corrected chi connectivity index (χ4v) is 2.13. The van der Waals surface area contributed by atoms with Crippen molar-refractivity contribution in [1.82, 2.24) is 0 Å². The Balaban J connectivity index is 0.000000357. The molecule has 0 saturated heterocycles. The Hall–Kier alpha value is -1.65. The summed E-state index contributed by atoms with van der Waals surface area (Å²) in [5.41, 5.74) is 1.17. The van der Waals surface area contributed by atoms with Gasteiger partial charge in [-0.05, 0) is 25.3 Å². The standard InChI is InChI=1S/C10H8O3S.C4H8/c11-14(12,13)10-7-3-5-8-4-1-2-6-9(8)10;1-4(2)3/h1-7H,(H,11,12,13);1H2,2-3H3. The first-order valence-corrected chi connectivity index (χ1v) is 6.84. The maximum Gasteiger partial charge on any atom is 0.295 e. The summed E-state index contributed by atoms with van der Waals surface area (Å²) in [5.74, 6) is 0. The number of benzene rings is 2. The molecule has 0 fully saturated rings. The van der Waals surface area contributed by atoms with Gasteiger partial charge in [-0.3, -0.25) is 4.55 Å². The van der Waals surface area contributed by atoms with Gasteiger partial charge in [0.15, 0.2) is 0 Å². The van der Waals surface area contributed by atoms with Gasteiger partial charge < -0.3 is 0 Å². The molecule has 96 valence electrons. The second-order valence-corrected chi connectivity index (χ2v) is 5.55. The van der Waals surface area contributed by atoms with Crippen molar-refractivity contribution in [2.75, 3.05) is 0 Å². The summed E-state index contributed by atoms with van der Waals surface area (Å²) in [7, 11) is -4.13. The van der Waals surface area contributed by atoms with Gasteiger partial charge in [0.05, 0.1) is 0 Å². The van der Waals surface area contributed by atoms with E-state index in [-0.39, 0.29) is 4.90 Å². The molecule has 0 aromatic heterocycles. The molecule has 2 rings (SSSR count). The Kier molecular flexibility index (Phi) is 4.64. The smallest absolute Gasteiger partial charge is 0.282 e. The molecule has 0 bridgehead atoms. The Bertz CT molecular complexity index is 648. The average molecular weight is 264 g/mol. The first-order valence-electron chi connectivity index (χ1n) is 5.39. The van der Waals surface area contributed by atoms with Crippen molar-refractivity contribution < 1.29 is 13.0 Å². The Labute approximate surface area is 108 Å². The summed E-state index contributed by atoms with van der Waals surface area (Å²) < 4.78 is 31.0. The van der Waals surface area contributed by atoms with Crippen LogP contribution < -0.4 is 0 Å². The van der Waals surface area contributed by atoms with Gasteiger partial charge in [0.25, 0.3) is 10.1 Å². The molecule has 4 heteroatoms. The molecule has 0 aliphatic carbocycles. The SMILES string of the molecule is C=C(C)C.O=S(=O)(O)c1cccc2ccccc12. The quantitative estimate of drug-likeness (QED) is 0.631. The lowest BCUT2D eigenvalue weighted by Crippen LogP contribution is -1.98. The Morgan fingerprint density at radius 3 is 2.11 bits per heavy atom. The topological polar surface area (TPSA) is 54.4 Å². The molecule has 1 N–H and O–H groups in total. The van der Waals surface area contributed by atoms with Crippen molar-refractivity contribution in [3.8, 4) is 0 Å². The van der Waals surface area contributed by atoms with E-state index in [0.717, 1.165) is 5.39 Å². The van der Waals surface area contributed by atoms with Crippen LogP contribution in [0.1, 0.15) is 13.8 Å². The van der Waals surface area contributed by atoms with Gasteiger partial charge in [-0.15, -0.1) is 6.58 Å². The summed E-state index contributed by atoms with van der Waals surface area (Å²) in [4.78, 5) is -0.0457. The minimum Gasteiger partial charge on any atom is -0.282 e. The van der Waals surface area contributed by atoms with Crippen LogP contribution in [-0.4, -0.2) is 13.0 Å². The van der Waals surface area contributed by atoms with Crippen molar-refractivity contribution in [2.45, 2.75) is 18.7 Å². The molecule has 2 aromatic carbocycles. The van der Waals surface area contributed by atoms with E-state index in [0.29, 0.717) is 5.39 Å². The van der Waals surface area contributed by atoms with E-state index in [1.165, 1.54) is 11.6 Å². The third kappa shape index (κ3) is 3.98. The van der Waals surface area contributed by atoms with E-state index >= 15 is 0 Å². The van der Waals surface area contributed by atoms with E-state index in [9.17, 15) is 8.42 Å². The third-order valence-corrected chi connectivity index (χ3v) is 2.94. The van der Waals surface area contributed by atoms with Crippen LogP contribution in [0.3, 0.4) is 0 Å². The number of fused-ring (bicyclic) bond motifs is 1. The minimum absolute atomic E-state index is 0.0457. The monoisotopic (exact) mass is 264 g/mol. The van der Waals surface area contributed by atoms with Crippen LogP contribution in [0.2, 0.25) is 0 Å². The molecule has 0 spiro atoms. The molecule has 3 nitrogen and oxygen atoms in total. The van der Waals surface area contributed by atoms with Crippen LogP contribution in [0.25, 0.3) is 10.8 Å². The number of hydrogen-bond donors (Lipinski definition) is 1. The molecule has 0 radical (unpaired) electrons. The van der Waals surface area contributed by atoms with E-state index in [1.807, 2.05) is 19.9 Å². The number of rotatable bonds is 1. The zero-order chi connectivity index (χ0) is 13.8. The first-order chi connectivity index (χ1) is 8.32. The van der Waals surface area contributed by atoms with Crippen LogP contribution in [0.15, 0.2) is 59.5 Å². The molecular weight excluding hydrogens is 248 g/mol. The van der Waals surface area contributed by atoms with Gasteiger partial charge in [-0.25, -0.2) is 0 Å². The average Bonchev–Trinajstić information content (AvgIpc) is 2.26. The lowest BCUT2D eigenvalue weighted by molar-refractivity contribution is 0.484. The molecule has 0 aliphatic heterocycles. The largest absolute Gasteiger partial charge is 0.295 e. The molecule has 0 unspecified atom stereocenters. The molecule has 0 amide bonds. The summed E-state index contributed by atoms with van der Waals surface area (Å²) in [6, 6.07) is 11.8. The maximum absolute atomic E-state index is 11.0. The van der Waals surface area contributed by atoms with Crippen LogP contribution in [0.4, 0.5) is 0 Å². The fraction of sp³-hybridized carbons (Fsp3) is 0.143. The molecule has 0 aliphatic rings. The Morgan fingerprint density at radius 2 is 1.56 bits per heavy atom. The number of allylic oxidation sites excluding steroid dienone is 1. The highest BCUT2D eigenvalue weighted by Gasteiger charge is 2.12. The van der Waals surface area contributed by atoms with Gasteiger partial charge >= 0.3 is 0 Å². The summed E-state index contributed by atoms with van der Waals surface area (Å²) in [6.45, 7) is 7.50. The van der Waals surface area contributed by atoms with Gasteiger partial charge in [-0.2, -0.15) is 8.42 Å². The highest BCUT2D eigenvalue weighted by molar-refractivity contribution is 7.86. The van der Waals surface area contributed by atoms with Crippen molar-refractivity contribution in [1.29, 1.82) is 0 Å². The maximum atomic E-state index is 11.0. The van der Waals surface area contributed by atoms with Gasteiger partial charge in [0.1, 0.15) is 4.90 Å². The zero-order valence-electron chi connectivity index (χ0n) is 10.4. The molecule has 0 saturated carbocycles. The van der Waals surface area contributed by atoms with Gasteiger partial charge in [-0.1, -0.05) is 42.0 Å². The predicted octanol–water partition coefficient (Wildman–Crippen LogP) is 3.67. The minimum atomic E-state index is -4.13. The fourth-order valence-electron chi connectivity index (χ4n) is 1.42. The highest BCUT2D eigenvalue weighted by atomic mass is 32.2. The Morgan fingerprint density at radius 1 is 1.06 bits per heavy atom. The van der Waals surface area contributed by atoms with Crippen LogP contribution in [-0.2, 0) is 10.1 Å². The zero-order valence-corrected chi connectivity index (χ0v) is 11.2. The van der Waals surface area contributed by atoms with Crippen LogP contribution >= 0.6 is 0 Å². The predicted molar refractivity (Wildman–Crippen MR) is 74.3 cm³/mol. The molecule has 18 heavy (non-hydrogen) atoms. The second-order valence-electron chi connectivity index (χ2n) is 4.16. The third-order valence-electron chi connectivity index (χ3n) is 2.03. The van der Waals surface area contributed by atoms with E-state index < -0.39 is 10.1 Å². The van der Waals surface area contributed by atoms with Crippen LogP contribution in [0.5, 0.6) is 0 Å². The van der Waals surface area contributed by atoms with E-state index in [1.54, 1.807) is 30.3 Å². The highest BCUT2D eigenvalue weighted by Crippen LogP contribution is 2.21. The molecule has 0 atom stereocenters. The summed E-state index contributed by atoms with van der Waals surface area (Å²) >= 11 is 0. The van der Waals surface area contributed by atoms with Gasteiger partial charge in [0, 0.05) is 5.39 Å². The van der Waals surface area contributed by atoms with Crippen LogP contribution in [0, 0.1) is 0 Å². The van der Waals surface area contributed by atoms with E-state index in [2.05, 4.69) is 6.58 Å². The van der Waals surface area contributed by atoms with Crippen molar-refractivity contribution >= 4 is 20.9 Å². The summed E-state index contributed by atoms with van der Waals surface area (Å²) in [6.07, 6.45) is 0. The van der Waals surface area contributed by atoms with Gasteiger partial charge in [0.2, 0.25) is 0 Å².